The van der Waals surface area contributed by atoms with E-state index >= 15 is 0 Å². The van der Waals surface area contributed by atoms with Crippen molar-refractivity contribution in [2.24, 2.45) is 0 Å². The van der Waals surface area contributed by atoms with Gasteiger partial charge in [-0.2, -0.15) is 11.8 Å². The average molecular weight is 364 g/mol. The molecule has 1 aromatic heterocycles. The smallest absolute Gasteiger partial charge is 0.276 e. The van der Waals surface area contributed by atoms with Crippen LogP contribution >= 0.6 is 11.8 Å². The number of amides is 1. The average Bonchev–Trinajstić information content (AvgIpc) is 3.07. The zero-order valence-corrected chi connectivity index (χ0v) is 15.2. The summed E-state index contributed by atoms with van der Waals surface area (Å²) in [5, 5.41) is 4.44. The number of hydrogen-bond acceptors (Lipinski definition) is 4. The number of benzene rings is 2. The molecule has 3 aromatic rings. The van der Waals surface area contributed by atoms with Crippen LogP contribution in [0.15, 0.2) is 71.3 Å². The summed E-state index contributed by atoms with van der Waals surface area (Å²) >= 11 is 1.92. The van der Waals surface area contributed by atoms with Gasteiger partial charge in [-0.15, -0.1) is 0 Å². The van der Waals surface area contributed by atoms with Gasteiger partial charge in [0.2, 0.25) is 0 Å². The van der Waals surface area contributed by atoms with Gasteiger partial charge < -0.3 is 9.42 Å². The van der Waals surface area contributed by atoms with Crippen molar-refractivity contribution in [1.82, 2.24) is 10.1 Å². The molecule has 1 atom stereocenters. The molecule has 1 saturated heterocycles. The molecule has 4 rings (SSSR count). The zero-order chi connectivity index (χ0) is 17.8. The van der Waals surface area contributed by atoms with Gasteiger partial charge in [-0.25, -0.2) is 0 Å². The lowest BCUT2D eigenvalue weighted by Crippen LogP contribution is -2.33. The van der Waals surface area contributed by atoms with E-state index < -0.39 is 0 Å². The van der Waals surface area contributed by atoms with Gasteiger partial charge in [-0.3, -0.25) is 4.79 Å². The second kappa shape index (κ2) is 7.79. The first kappa shape index (κ1) is 16.9. The first-order chi connectivity index (χ1) is 12.8. The Kier molecular flexibility index (Phi) is 5.07. The molecular formula is C21H20N2O2S. The van der Waals surface area contributed by atoms with Crippen molar-refractivity contribution in [1.29, 1.82) is 0 Å². The highest BCUT2D eigenvalue weighted by Crippen LogP contribution is 2.34. The molecule has 1 unspecified atom stereocenters. The molecule has 1 amide bonds. The molecule has 1 aliphatic rings. The van der Waals surface area contributed by atoms with Crippen molar-refractivity contribution in [3.63, 3.8) is 0 Å². The van der Waals surface area contributed by atoms with E-state index in [1.165, 1.54) is 5.56 Å². The molecule has 5 heteroatoms. The maximum atomic E-state index is 12.8. The van der Waals surface area contributed by atoms with E-state index in [4.69, 9.17) is 4.52 Å². The fourth-order valence-corrected chi connectivity index (χ4v) is 4.42. The molecule has 26 heavy (non-hydrogen) atoms. The number of hydrogen-bond donors (Lipinski definition) is 0. The Labute approximate surface area is 157 Å². The van der Waals surface area contributed by atoms with Crippen LogP contribution in [0.1, 0.15) is 27.7 Å². The Morgan fingerprint density at radius 3 is 2.54 bits per heavy atom. The Balaban J connectivity index is 1.45. The third kappa shape index (κ3) is 3.68. The highest BCUT2D eigenvalue weighted by atomic mass is 32.2. The number of carbonyl (C=O) groups is 1. The summed E-state index contributed by atoms with van der Waals surface area (Å²) in [5.74, 6) is 1.50. The summed E-state index contributed by atoms with van der Waals surface area (Å²) in [7, 11) is 0. The van der Waals surface area contributed by atoms with Crippen LogP contribution in [-0.4, -0.2) is 34.8 Å². The van der Waals surface area contributed by atoms with Crippen LogP contribution in [0.25, 0.3) is 11.3 Å². The summed E-state index contributed by atoms with van der Waals surface area (Å²) in [6, 6.07) is 22.0. The molecule has 1 aliphatic heterocycles. The summed E-state index contributed by atoms with van der Waals surface area (Å²) in [5.41, 5.74) is 2.64. The van der Waals surface area contributed by atoms with E-state index in [0.717, 1.165) is 30.8 Å². The molecule has 0 spiro atoms. The summed E-state index contributed by atoms with van der Waals surface area (Å²) < 4.78 is 5.38. The fourth-order valence-electron chi connectivity index (χ4n) is 3.18. The normalized spacial score (nSPS) is 17.7. The topological polar surface area (TPSA) is 46.3 Å². The quantitative estimate of drug-likeness (QED) is 0.678. The van der Waals surface area contributed by atoms with Gasteiger partial charge in [0.05, 0.1) is 0 Å². The Bertz CT molecular complexity index is 864. The van der Waals surface area contributed by atoms with Crippen molar-refractivity contribution in [3.05, 3.63) is 78.0 Å². The molecule has 132 valence electrons. The highest BCUT2D eigenvalue weighted by Gasteiger charge is 2.25. The lowest BCUT2D eigenvalue weighted by molar-refractivity contribution is 0.0756. The number of nitrogens with zero attached hydrogens (tertiary/aromatic N) is 2. The molecule has 0 radical (unpaired) electrons. The first-order valence-electron chi connectivity index (χ1n) is 8.79. The van der Waals surface area contributed by atoms with Crippen LogP contribution in [0.4, 0.5) is 0 Å². The standard InChI is InChI=1S/C21H20N2O2S/c24-21(18-15-19(25-22-18)16-7-3-1-4-8-16)23-12-11-20(26-14-13-23)17-9-5-2-6-10-17/h1-10,15,20H,11-14H2. The van der Waals surface area contributed by atoms with E-state index in [0.29, 0.717) is 16.7 Å². The van der Waals surface area contributed by atoms with E-state index in [-0.39, 0.29) is 5.91 Å². The second-order valence-corrected chi connectivity index (χ2v) is 7.60. The SMILES string of the molecule is O=C(c1cc(-c2ccccc2)on1)N1CCSC(c2ccccc2)CC1. The molecule has 0 aliphatic carbocycles. The van der Waals surface area contributed by atoms with Crippen LogP contribution in [0.5, 0.6) is 0 Å². The zero-order valence-electron chi connectivity index (χ0n) is 14.4. The summed E-state index contributed by atoms with van der Waals surface area (Å²) in [6.45, 7) is 1.47. The summed E-state index contributed by atoms with van der Waals surface area (Å²) in [4.78, 5) is 14.7. The number of aromatic nitrogens is 1. The minimum atomic E-state index is -0.0507. The predicted molar refractivity (Wildman–Crippen MR) is 104 cm³/mol. The Hall–Kier alpha value is -2.53. The minimum absolute atomic E-state index is 0.0507. The predicted octanol–water partition coefficient (Wildman–Crippen LogP) is 4.66. The third-order valence-electron chi connectivity index (χ3n) is 4.59. The minimum Gasteiger partial charge on any atom is -0.355 e. The van der Waals surface area contributed by atoms with Crippen molar-refractivity contribution < 1.29 is 9.32 Å². The van der Waals surface area contributed by atoms with Gasteiger partial charge in [-0.05, 0) is 12.0 Å². The molecule has 1 fully saturated rings. The largest absolute Gasteiger partial charge is 0.355 e. The van der Waals surface area contributed by atoms with Gasteiger partial charge >= 0.3 is 0 Å². The molecule has 0 N–H and O–H groups in total. The molecule has 2 heterocycles. The number of rotatable bonds is 3. The van der Waals surface area contributed by atoms with Gasteiger partial charge in [0, 0.05) is 35.7 Å². The first-order valence-corrected chi connectivity index (χ1v) is 9.84. The fraction of sp³-hybridized carbons (Fsp3) is 0.238. The van der Waals surface area contributed by atoms with Crippen molar-refractivity contribution in [2.75, 3.05) is 18.8 Å². The molecule has 4 nitrogen and oxygen atoms in total. The Morgan fingerprint density at radius 2 is 1.77 bits per heavy atom. The van der Waals surface area contributed by atoms with Gasteiger partial charge in [0.15, 0.2) is 11.5 Å². The lowest BCUT2D eigenvalue weighted by Gasteiger charge is -2.18. The van der Waals surface area contributed by atoms with Crippen molar-refractivity contribution in [3.8, 4) is 11.3 Å². The van der Waals surface area contributed by atoms with Crippen molar-refractivity contribution in [2.45, 2.75) is 11.7 Å². The van der Waals surface area contributed by atoms with E-state index in [9.17, 15) is 4.79 Å². The van der Waals surface area contributed by atoms with Crippen LogP contribution < -0.4 is 0 Å². The third-order valence-corrected chi connectivity index (χ3v) is 5.92. The number of carbonyl (C=O) groups excluding carboxylic acids is 1. The monoisotopic (exact) mass is 364 g/mol. The summed E-state index contributed by atoms with van der Waals surface area (Å²) in [6.07, 6.45) is 0.948. The van der Waals surface area contributed by atoms with E-state index in [1.807, 2.05) is 53.1 Å². The van der Waals surface area contributed by atoms with E-state index in [2.05, 4.69) is 29.4 Å². The maximum absolute atomic E-state index is 12.8. The molecular weight excluding hydrogens is 344 g/mol. The van der Waals surface area contributed by atoms with Gasteiger partial charge in [0.25, 0.3) is 5.91 Å². The highest BCUT2D eigenvalue weighted by molar-refractivity contribution is 7.99. The molecule has 0 bridgehead atoms. The second-order valence-electron chi connectivity index (χ2n) is 6.29. The van der Waals surface area contributed by atoms with Gasteiger partial charge in [0.1, 0.15) is 0 Å². The molecule has 0 saturated carbocycles. The molecule has 2 aromatic carbocycles. The van der Waals surface area contributed by atoms with Gasteiger partial charge in [-0.1, -0.05) is 65.8 Å². The van der Waals surface area contributed by atoms with Crippen LogP contribution in [0.3, 0.4) is 0 Å². The van der Waals surface area contributed by atoms with Crippen molar-refractivity contribution >= 4 is 17.7 Å². The van der Waals surface area contributed by atoms with E-state index in [1.54, 1.807) is 6.07 Å². The number of thioether (sulfide) groups is 1. The lowest BCUT2D eigenvalue weighted by atomic mass is 10.1. The van der Waals surface area contributed by atoms with Crippen LogP contribution in [-0.2, 0) is 0 Å². The Morgan fingerprint density at radius 1 is 1.04 bits per heavy atom. The van der Waals surface area contributed by atoms with Crippen LogP contribution in [0, 0.1) is 0 Å². The maximum Gasteiger partial charge on any atom is 0.276 e. The van der Waals surface area contributed by atoms with Crippen LogP contribution in [0.2, 0.25) is 0 Å².